The zero-order chi connectivity index (χ0) is 5.86. The van der Waals surface area contributed by atoms with Gasteiger partial charge in [0, 0.05) is 0 Å². The zero-order valence-electron chi connectivity index (χ0n) is 4.03. The van der Waals surface area contributed by atoms with Crippen LogP contribution in [-0.4, -0.2) is 28.7 Å². The highest BCUT2D eigenvalue weighted by Gasteiger charge is 2.06. The zero-order valence-corrected chi connectivity index (χ0v) is 4.03. The molecule has 0 fully saturated rings. The SMILES string of the molecule is CC(O)[C@@H](O)C=O. The lowest BCUT2D eigenvalue weighted by Crippen LogP contribution is -2.23. The molecule has 7 heavy (non-hydrogen) atoms. The summed E-state index contributed by atoms with van der Waals surface area (Å²) in [6.45, 7) is 1.35. The predicted molar refractivity (Wildman–Crippen MR) is 23.8 cm³/mol. The highest BCUT2D eigenvalue weighted by atomic mass is 16.3. The fourth-order valence-electron chi connectivity index (χ4n) is 0.114. The summed E-state index contributed by atoms with van der Waals surface area (Å²) in [6, 6.07) is 0. The molecule has 0 saturated heterocycles. The minimum absolute atomic E-state index is 0.296. The van der Waals surface area contributed by atoms with Gasteiger partial charge < -0.3 is 15.0 Å². The number of carbonyl (C=O) groups excluding carboxylic acids is 1. The van der Waals surface area contributed by atoms with Gasteiger partial charge in [0.15, 0.2) is 6.29 Å². The first-order valence-corrected chi connectivity index (χ1v) is 2.00. The smallest absolute Gasteiger partial charge is 0.151 e. The van der Waals surface area contributed by atoms with Crippen molar-refractivity contribution in [1.29, 1.82) is 0 Å². The van der Waals surface area contributed by atoms with Crippen LogP contribution >= 0.6 is 0 Å². The number of aliphatic hydroxyl groups excluding tert-OH is 2. The van der Waals surface area contributed by atoms with Gasteiger partial charge in [-0.3, -0.25) is 0 Å². The molecular formula is C4H8O3. The monoisotopic (exact) mass is 104 g/mol. The standard InChI is InChI=1S/C4H8O3/c1-3(6)4(7)2-5/h2-4,6-7H,1H3/t3?,4-/m0/s1. The molecule has 0 spiro atoms. The number of rotatable bonds is 2. The van der Waals surface area contributed by atoms with Crippen LogP contribution in [0.1, 0.15) is 6.92 Å². The van der Waals surface area contributed by atoms with E-state index in [1.54, 1.807) is 0 Å². The highest BCUT2D eigenvalue weighted by Crippen LogP contribution is 1.83. The average molecular weight is 104 g/mol. The second-order valence-corrected chi connectivity index (χ2v) is 1.37. The van der Waals surface area contributed by atoms with Crippen molar-refractivity contribution in [3.63, 3.8) is 0 Å². The number of carbonyl (C=O) groups is 1. The van der Waals surface area contributed by atoms with Crippen LogP contribution in [0.4, 0.5) is 0 Å². The molecule has 0 saturated carbocycles. The normalized spacial score (nSPS) is 18.1. The van der Waals surface area contributed by atoms with E-state index in [0.717, 1.165) is 0 Å². The van der Waals surface area contributed by atoms with E-state index in [0.29, 0.717) is 6.29 Å². The molecule has 2 N–H and O–H groups in total. The molecule has 0 aromatic rings. The second-order valence-electron chi connectivity index (χ2n) is 1.37. The van der Waals surface area contributed by atoms with Gasteiger partial charge in [0.1, 0.15) is 6.10 Å². The Morgan fingerprint density at radius 3 is 2.00 bits per heavy atom. The summed E-state index contributed by atoms with van der Waals surface area (Å²) in [5.41, 5.74) is 0. The molecule has 0 aromatic carbocycles. The molecule has 0 amide bonds. The van der Waals surface area contributed by atoms with Crippen LogP contribution in [0.15, 0.2) is 0 Å². The van der Waals surface area contributed by atoms with Crippen molar-refractivity contribution < 1.29 is 15.0 Å². The topological polar surface area (TPSA) is 57.5 Å². The Morgan fingerprint density at radius 1 is 1.57 bits per heavy atom. The third kappa shape index (κ3) is 2.31. The van der Waals surface area contributed by atoms with Crippen molar-refractivity contribution >= 4 is 6.29 Å². The summed E-state index contributed by atoms with van der Waals surface area (Å²) < 4.78 is 0. The maximum atomic E-state index is 9.54. The lowest BCUT2D eigenvalue weighted by Gasteiger charge is -2.02. The van der Waals surface area contributed by atoms with E-state index in [1.807, 2.05) is 0 Å². The number of aliphatic hydroxyl groups is 2. The van der Waals surface area contributed by atoms with Crippen molar-refractivity contribution in [2.75, 3.05) is 0 Å². The fourth-order valence-corrected chi connectivity index (χ4v) is 0.114. The molecule has 0 aliphatic heterocycles. The van der Waals surface area contributed by atoms with Crippen LogP contribution < -0.4 is 0 Å². The molecule has 0 rings (SSSR count). The maximum Gasteiger partial charge on any atom is 0.151 e. The van der Waals surface area contributed by atoms with Crippen LogP contribution in [0.25, 0.3) is 0 Å². The van der Waals surface area contributed by atoms with Crippen LogP contribution in [0.3, 0.4) is 0 Å². The van der Waals surface area contributed by atoms with Gasteiger partial charge in [0.05, 0.1) is 6.10 Å². The van der Waals surface area contributed by atoms with Crippen LogP contribution in [0.2, 0.25) is 0 Å². The lowest BCUT2D eigenvalue weighted by atomic mass is 10.3. The summed E-state index contributed by atoms with van der Waals surface area (Å²) in [5, 5.41) is 16.7. The number of hydrogen-bond donors (Lipinski definition) is 2. The van der Waals surface area contributed by atoms with E-state index in [4.69, 9.17) is 10.2 Å². The summed E-state index contributed by atoms with van der Waals surface area (Å²) >= 11 is 0. The molecule has 0 bridgehead atoms. The van der Waals surface area contributed by atoms with Crippen molar-refractivity contribution in [3.05, 3.63) is 0 Å². The van der Waals surface area contributed by atoms with Crippen LogP contribution in [0.5, 0.6) is 0 Å². The minimum atomic E-state index is -1.22. The lowest BCUT2D eigenvalue weighted by molar-refractivity contribution is -0.119. The first kappa shape index (κ1) is 6.59. The van der Waals surface area contributed by atoms with Gasteiger partial charge in [-0.25, -0.2) is 0 Å². The molecule has 0 radical (unpaired) electrons. The van der Waals surface area contributed by atoms with Crippen LogP contribution in [0, 0.1) is 0 Å². The molecular weight excluding hydrogens is 96.0 g/mol. The molecule has 0 heterocycles. The molecule has 42 valence electrons. The average Bonchev–Trinajstić information content (AvgIpc) is 1.65. The third-order valence-electron chi connectivity index (χ3n) is 0.634. The van der Waals surface area contributed by atoms with Gasteiger partial charge in [-0.05, 0) is 6.92 Å². The minimum Gasteiger partial charge on any atom is -0.390 e. The van der Waals surface area contributed by atoms with Crippen molar-refractivity contribution in [2.45, 2.75) is 19.1 Å². The third-order valence-corrected chi connectivity index (χ3v) is 0.634. The Kier molecular flexibility index (Phi) is 2.55. The second kappa shape index (κ2) is 2.71. The Morgan fingerprint density at radius 2 is 2.00 bits per heavy atom. The van der Waals surface area contributed by atoms with E-state index in [2.05, 4.69) is 0 Å². The Hall–Kier alpha value is -0.410. The van der Waals surface area contributed by atoms with Gasteiger partial charge in [-0.1, -0.05) is 0 Å². The van der Waals surface area contributed by atoms with Gasteiger partial charge in [-0.15, -0.1) is 0 Å². The van der Waals surface area contributed by atoms with Gasteiger partial charge >= 0.3 is 0 Å². The van der Waals surface area contributed by atoms with Crippen molar-refractivity contribution in [3.8, 4) is 0 Å². The van der Waals surface area contributed by atoms with E-state index in [-0.39, 0.29) is 0 Å². The van der Waals surface area contributed by atoms with E-state index in [1.165, 1.54) is 6.92 Å². The van der Waals surface area contributed by atoms with Gasteiger partial charge in [0.2, 0.25) is 0 Å². The highest BCUT2D eigenvalue weighted by molar-refractivity contribution is 5.56. The van der Waals surface area contributed by atoms with E-state index < -0.39 is 12.2 Å². The molecule has 3 heteroatoms. The fraction of sp³-hybridized carbons (Fsp3) is 0.750. The quantitative estimate of drug-likeness (QED) is 0.438. The maximum absolute atomic E-state index is 9.54. The number of hydrogen-bond acceptors (Lipinski definition) is 3. The van der Waals surface area contributed by atoms with Gasteiger partial charge in [0.25, 0.3) is 0 Å². The molecule has 2 atom stereocenters. The van der Waals surface area contributed by atoms with Gasteiger partial charge in [-0.2, -0.15) is 0 Å². The molecule has 0 aliphatic carbocycles. The Bertz CT molecular complexity index is 60.0. The molecule has 3 nitrogen and oxygen atoms in total. The predicted octanol–water partition coefficient (Wildman–Crippen LogP) is -1.07. The Labute approximate surface area is 41.6 Å². The van der Waals surface area contributed by atoms with Crippen LogP contribution in [-0.2, 0) is 4.79 Å². The largest absolute Gasteiger partial charge is 0.390 e. The first-order chi connectivity index (χ1) is 3.18. The summed E-state index contributed by atoms with van der Waals surface area (Å²) in [4.78, 5) is 9.54. The molecule has 0 aromatic heterocycles. The van der Waals surface area contributed by atoms with E-state index in [9.17, 15) is 4.79 Å². The first-order valence-electron chi connectivity index (χ1n) is 2.00. The van der Waals surface area contributed by atoms with E-state index >= 15 is 0 Å². The summed E-state index contributed by atoms with van der Waals surface area (Å²) in [6.07, 6.45) is -1.87. The van der Waals surface area contributed by atoms with Crippen molar-refractivity contribution in [1.82, 2.24) is 0 Å². The summed E-state index contributed by atoms with van der Waals surface area (Å²) in [5.74, 6) is 0. The summed E-state index contributed by atoms with van der Waals surface area (Å²) in [7, 11) is 0. The Balaban J connectivity index is 3.33. The molecule has 1 unspecified atom stereocenters. The molecule has 0 aliphatic rings. The van der Waals surface area contributed by atoms with Crippen molar-refractivity contribution in [2.24, 2.45) is 0 Å². The number of aldehydes is 1.